The van der Waals surface area contributed by atoms with Crippen molar-refractivity contribution in [3.05, 3.63) is 29.8 Å². The third-order valence-electron chi connectivity index (χ3n) is 1.83. The summed E-state index contributed by atoms with van der Waals surface area (Å²) in [6.07, 6.45) is -0.451. The van der Waals surface area contributed by atoms with E-state index < -0.39 is 11.7 Å². The molecule has 0 heterocycles. The van der Waals surface area contributed by atoms with E-state index in [0.717, 1.165) is 5.56 Å². The van der Waals surface area contributed by atoms with Gasteiger partial charge in [-0.1, -0.05) is 26.0 Å². The first kappa shape index (κ1) is 16.4. The Balaban J connectivity index is 0.00000137. The lowest BCUT2D eigenvalue weighted by Gasteiger charge is -2.19. The molecular weight excluding hydrogens is 228 g/mol. The highest BCUT2D eigenvalue weighted by molar-refractivity contribution is 5.84. The molecule has 0 atom stereocenters. The van der Waals surface area contributed by atoms with Crippen LogP contribution in [0.5, 0.6) is 0 Å². The van der Waals surface area contributed by atoms with E-state index in [0.29, 0.717) is 12.2 Å². The molecule has 4 heteroatoms. The predicted octanol–water partition coefficient (Wildman–Crippen LogP) is 3.52. The summed E-state index contributed by atoms with van der Waals surface area (Å²) in [6, 6.07) is 7.33. The van der Waals surface area contributed by atoms with Crippen LogP contribution in [0.4, 0.5) is 10.5 Å². The molecule has 1 aromatic carbocycles. The Morgan fingerprint density at radius 3 is 2.11 bits per heavy atom. The van der Waals surface area contributed by atoms with E-state index in [1.165, 1.54) is 0 Å². The third-order valence-corrected chi connectivity index (χ3v) is 1.83. The summed E-state index contributed by atoms with van der Waals surface area (Å²) >= 11 is 0. The maximum atomic E-state index is 11.4. The fourth-order valence-corrected chi connectivity index (χ4v) is 1.15. The van der Waals surface area contributed by atoms with E-state index in [-0.39, 0.29) is 0 Å². The average Bonchev–Trinajstić information content (AvgIpc) is 2.30. The molecule has 102 valence electrons. The van der Waals surface area contributed by atoms with Crippen LogP contribution in [-0.2, 0) is 11.3 Å². The highest BCUT2D eigenvalue weighted by Crippen LogP contribution is 2.12. The number of hydrogen-bond donors (Lipinski definition) is 2. The fourth-order valence-electron chi connectivity index (χ4n) is 1.15. The Morgan fingerprint density at radius 1 is 1.22 bits per heavy atom. The van der Waals surface area contributed by atoms with Crippen LogP contribution in [0, 0.1) is 0 Å². The van der Waals surface area contributed by atoms with Gasteiger partial charge < -0.3 is 10.5 Å². The largest absolute Gasteiger partial charge is 0.444 e. The molecule has 4 nitrogen and oxygen atoms in total. The van der Waals surface area contributed by atoms with Crippen LogP contribution < -0.4 is 11.1 Å². The van der Waals surface area contributed by atoms with Gasteiger partial charge in [-0.2, -0.15) is 0 Å². The lowest BCUT2D eigenvalue weighted by atomic mass is 10.2. The van der Waals surface area contributed by atoms with Crippen molar-refractivity contribution in [2.75, 3.05) is 5.32 Å². The summed E-state index contributed by atoms with van der Waals surface area (Å²) < 4.78 is 5.12. The Kier molecular flexibility index (Phi) is 7.05. The minimum Gasteiger partial charge on any atom is -0.444 e. The number of rotatable bonds is 2. The minimum absolute atomic E-state index is 0.451. The molecule has 0 aliphatic carbocycles. The molecule has 1 amide bonds. The molecule has 0 radical (unpaired) electrons. The smallest absolute Gasteiger partial charge is 0.412 e. The summed E-state index contributed by atoms with van der Waals surface area (Å²) in [7, 11) is 0. The summed E-state index contributed by atoms with van der Waals surface area (Å²) in [5, 5.41) is 2.65. The van der Waals surface area contributed by atoms with Crippen molar-refractivity contribution in [2.45, 2.75) is 46.8 Å². The quantitative estimate of drug-likeness (QED) is 0.846. The summed E-state index contributed by atoms with van der Waals surface area (Å²) in [5.41, 5.74) is 6.71. The van der Waals surface area contributed by atoms with Crippen LogP contribution in [0.1, 0.15) is 40.2 Å². The van der Waals surface area contributed by atoms with Gasteiger partial charge in [0.25, 0.3) is 0 Å². The van der Waals surface area contributed by atoms with Gasteiger partial charge in [0, 0.05) is 12.2 Å². The van der Waals surface area contributed by atoms with Gasteiger partial charge in [0.15, 0.2) is 0 Å². The van der Waals surface area contributed by atoms with Crippen molar-refractivity contribution in [1.29, 1.82) is 0 Å². The topological polar surface area (TPSA) is 64.3 Å². The number of ether oxygens (including phenoxy) is 1. The van der Waals surface area contributed by atoms with Gasteiger partial charge in [0.2, 0.25) is 0 Å². The molecule has 0 spiro atoms. The highest BCUT2D eigenvalue weighted by atomic mass is 16.6. The van der Waals surface area contributed by atoms with Crippen LogP contribution in [-0.4, -0.2) is 11.7 Å². The van der Waals surface area contributed by atoms with Crippen LogP contribution in [0.25, 0.3) is 0 Å². The number of nitrogens with one attached hydrogen (secondary N) is 1. The molecule has 1 aromatic rings. The molecule has 0 aliphatic heterocycles. The molecule has 0 fully saturated rings. The van der Waals surface area contributed by atoms with Crippen molar-refractivity contribution >= 4 is 11.8 Å². The lowest BCUT2D eigenvalue weighted by molar-refractivity contribution is 0.0636. The second kappa shape index (κ2) is 7.71. The van der Waals surface area contributed by atoms with Crippen molar-refractivity contribution in [3.8, 4) is 0 Å². The monoisotopic (exact) mass is 252 g/mol. The van der Waals surface area contributed by atoms with Gasteiger partial charge in [-0.3, -0.25) is 5.32 Å². The van der Waals surface area contributed by atoms with E-state index >= 15 is 0 Å². The van der Waals surface area contributed by atoms with E-state index in [9.17, 15) is 4.79 Å². The van der Waals surface area contributed by atoms with Crippen molar-refractivity contribution in [1.82, 2.24) is 0 Å². The van der Waals surface area contributed by atoms with E-state index in [1.54, 1.807) is 12.1 Å². The number of carbonyl (C=O) groups is 1. The Morgan fingerprint density at radius 2 is 1.72 bits per heavy atom. The molecule has 0 aliphatic rings. The van der Waals surface area contributed by atoms with Crippen LogP contribution in [0.2, 0.25) is 0 Å². The van der Waals surface area contributed by atoms with Gasteiger partial charge >= 0.3 is 6.09 Å². The van der Waals surface area contributed by atoms with Gasteiger partial charge in [0.05, 0.1) is 0 Å². The molecule has 1 rings (SSSR count). The van der Waals surface area contributed by atoms with E-state index in [1.807, 2.05) is 46.8 Å². The zero-order valence-corrected chi connectivity index (χ0v) is 11.9. The van der Waals surface area contributed by atoms with Crippen LogP contribution >= 0.6 is 0 Å². The third kappa shape index (κ3) is 6.91. The SMILES string of the molecule is CC.CC(C)(C)OC(=O)Nc1ccc(CN)cc1. The summed E-state index contributed by atoms with van der Waals surface area (Å²) in [5.74, 6) is 0. The number of carbonyl (C=O) groups excluding carboxylic acids is 1. The molecule has 0 bridgehead atoms. The van der Waals surface area contributed by atoms with E-state index in [2.05, 4.69) is 5.32 Å². The van der Waals surface area contributed by atoms with Crippen molar-refractivity contribution < 1.29 is 9.53 Å². The van der Waals surface area contributed by atoms with Crippen LogP contribution in [0.15, 0.2) is 24.3 Å². The predicted molar refractivity (Wildman–Crippen MR) is 75.5 cm³/mol. The first-order valence-corrected chi connectivity index (χ1v) is 6.20. The second-order valence-electron chi connectivity index (χ2n) is 4.53. The lowest BCUT2D eigenvalue weighted by Crippen LogP contribution is -2.27. The molecule has 0 saturated carbocycles. The standard InChI is InChI=1S/C12H18N2O2.C2H6/c1-12(2,3)16-11(15)14-10-6-4-9(8-13)5-7-10;1-2/h4-7H,8,13H2,1-3H3,(H,14,15);1-2H3. The first-order valence-electron chi connectivity index (χ1n) is 6.20. The van der Waals surface area contributed by atoms with Gasteiger partial charge in [-0.15, -0.1) is 0 Å². The Labute approximate surface area is 110 Å². The van der Waals surface area contributed by atoms with Gasteiger partial charge in [0.1, 0.15) is 5.60 Å². The number of nitrogens with two attached hydrogens (primary N) is 1. The fraction of sp³-hybridized carbons (Fsp3) is 0.500. The Bertz CT molecular complexity index is 353. The highest BCUT2D eigenvalue weighted by Gasteiger charge is 2.15. The molecule has 18 heavy (non-hydrogen) atoms. The molecular formula is C14H24N2O2. The summed E-state index contributed by atoms with van der Waals surface area (Å²) in [6.45, 7) is 9.96. The average molecular weight is 252 g/mol. The van der Waals surface area contributed by atoms with Crippen LogP contribution in [0.3, 0.4) is 0 Å². The maximum absolute atomic E-state index is 11.4. The first-order chi connectivity index (χ1) is 8.40. The zero-order chi connectivity index (χ0) is 14.2. The van der Waals surface area contributed by atoms with Crippen molar-refractivity contribution in [2.24, 2.45) is 5.73 Å². The maximum Gasteiger partial charge on any atom is 0.412 e. The van der Waals surface area contributed by atoms with E-state index in [4.69, 9.17) is 10.5 Å². The number of hydrogen-bond acceptors (Lipinski definition) is 3. The Hall–Kier alpha value is -1.55. The van der Waals surface area contributed by atoms with Crippen molar-refractivity contribution in [3.63, 3.8) is 0 Å². The normalized spacial score (nSPS) is 10.1. The van der Waals surface area contributed by atoms with Gasteiger partial charge in [-0.25, -0.2) is 4.79 Å². The minimum atomic E-state index is -0.485. The number of benzene rings is 1. The molecule has 0 saturated heterocycles. The molecule has 0 aromatic heterocycles. The second-order valence-corrected chi connectivity index (χ2v) is 4.53. The van der Waals surface area contributed by atoms with Gasteiger partial charge in [-0.05, 0) is 38.5 Å². The molecule has 3 N–H and O–H groups in total. The molecule has 0 unspecified atom stereocenters. The zero-order valence-electron chi connectivity index (χ0n) is 11.9. The summed E-state index contributed by atoms with van der Waals surface area (Å²) in [4.78, 5) is 11.4. The number of amides is 1. The number of anilines is 1.